The van der Waals surface area contributed by atoms with Crippen molar-refractivity contribution in [1.82, 2.24) is 5.32 Å². The molecule has 29 heavy (non-hydrogen) atoms. The summed E-state index contributed by atoms with van der Waals surface area (Å²) < 4.78 is 34.7. The maximum Gasteiger partial charge on any atom is 0.255 e. The van der Waals surface area contributed by atoms with Crippen LogP contribution in [0, 0.1) is 11.6 Å². The van der Waals surface area contributed by atoms with Crippen LogP contribution in [0.4, 0.5) is 20.2 Å². The van der Waals surface area contributed by atoms with E-state index in [9.17, 15) is 13.6 Å². The third-order valence-corrected chi connectivity index (χ3v) is 5.13. The van der Waals surface area contributed by atoms with Gasteiger partial charge >= 0.3 is 0 Å². The van der Waals surface area contributed by atoms with Gasteiger partial charge in [0.15, 0.2) is 11.6 Å². The minimum absolute atomic E-state index is 0.177. The normalized spacial score (nSPS) is 16.1. The van der Waals surface area contributed by atoms with Gasteiger partial charge in [0.25, 0.3) is 5.91 Å². The number of nitrogens with zero attached hydrogens (tertiary/aromatic N) is 1. The molecule has 1 aliphatic rings. The summed E-state index contributed by atoms with van der Waals surface area (Å²) in [6.07, 6.45) is 2.86. The monoisotopic (exact) mass is 403 g/mol. The number of carbonyl (C=O) groups excluding carboxylic acids is 1. The maximum atomic E-state index is 14.6. The van der Waals surface area contributed by atoms with Crippen LogP contribution in [0.25, 0.3) is 0 Å². The van der Waals surface area contributed by atoms with Gasteiger partial charge in [-0.3, -0.25) is 4.79 Å². The summed E-state index contributed by atoms with van der Waals surface area (Å²) in [4.78, 5) is 14.2. The second-order valence-corrected chi connectivity index (χ2v) is 7.16. The minimum Gasteiger partial charge on any atom is -0.494 e. The summed E-state index contributed by atoms with van der Waals surface area (Å²) in [5.41, 5.74) is 0.379. The van der Waals surface area contributed by atoms with E-state index in [0.29, 0.717) is 31.0 Å². The van der Waals surface area contributed by atoms with E-state index in [2.05, 4.69) is 17.6 Å². The molecule has 0 aliphatic carbocycles. The van der Waals surface area contributed by atoms with Gasteiger partial charge in [0.2, 0.25) is 0 Å². The first kappa shape index (κ1) is 21.0. The lowest BCUT2D eigenvalue weighted by Crippen LogP contribution is -2.30. The first-order valence-corrected chi connectivity index (χ1v) is 9.98. The predicted molar refractivity (Wildman–Crippen MR) is 111 cm³/mol. The smallest absolute Gasteiger partial charge is 0.255 e. The molecule has 1 fully saturated rings. The number of hydrogen-bond acceptors (Lipinski definition) is 4. The summed E-state index contributed by atoms with van der Waals surface area (Å²) in [5, 5.41) is 5.60. The Morgan fingerprint density at radius 3 is 2.59 bits per heavy atom. The van der Waals surface area contributed by atoms with Crippen LogP contribution in [0.5, 0.6) is 5.75 Å². The van der Waals surface area contributed by atoms with Gasteiger partial charge in [0.1, 0.15) is 5.75 Å². The molecule has 2 aromatic rings. The van der Waals surface area contributed by atoms with Gasteiger partial charge in [-0.05, 0) is 56.3 Å². The van der Waals surface area contributed by atoms with Crippen LogP contribution in [-0.4, -0.2) is 38.7 Å². The number of amides is 1. The van der Waals surface area contributed by atoms with Gasteiger partial charge in [-0.25, -0.2) is 8.78 Å². The number of rotatable bonds is 8. The number of carbonyl (C=O) groups is 1. The van der Waals surface area contributed by atoms with E-state index in [0.717, 1.165) is 19.3 Å². The molecule has 3 rings (SSSR count). The van der Waals surface area contributed by atoms with E-state index in [4.69, 9.17) is 4.74 Å². The Balaban J connectivity index is 1.67. The molecule has 0 aromatic heterocycles. The highest BCUT2D eigenvalue weighted by atomic mass is 19.2. The lowest BCUT2D eigenvalue weighted by atomic mass is 10.2. The Morgan fingerprint density at radius 2 is 1.93 bits per heavy atom. The van der Waals surface area contributed by atoms with Gasteiger partial charge in [-0.2, -0.15) is 0 Å². The third kappa shape index (κ3) is 5.03. The Kier molecular flexibility index (Phi) is 7.04. The molecule has 0 spiro atoms. The molecule has 7 heteroatoms. The highest BCUT2D eigenvalue weighted by Crippen LogP contribution is 2.29. The first-order chi connectivity index (χ1) is 14.0. The quantitative estimate of drug-likeness (QED) is 0.649. The zero-order valence-electron chi connectivity index (χ0n) is 16.8. The second kappa shape index (κ2) is 9.69. The van der Waals surface area contributed by atoms with E-state index >= 15 is 0 Å². The standard InChI is InChI=1S/C22H27F2N3O2/c1-3-4-13-29-17-7-5-15(6-8-17)22(28)26-18-9-10-19(21(24)20(18)23)27-12-11-16(14-27)25-2/h5-10,16,25H,3-4,11-14H2,1-2H3,(H,26,28). The SMILES string of the molecule is CCCCOc1ccc(C(=O)Nc2ccc(N3CCC(NC)C3)c(F)c2F)cc1. The fourth-order valence-electron chi connectivity index (χ4n) is 3.33. The summed E-state index contributed by atoms with van der Waals surface area (Å²) in [5.74, 6) is -1.84. The molecule has 1 unspecified atom stereocenters. The first-order valence-electron chi connectivity index (χ1n) is 9.98. The number of likely N-dealkylation sites (N-methyl/N-ethyl adjacent to an activating group) is 1. The molecule has 0 saturated carbocycles. The van der Waals surface area contributed by atoms with E-state index in [1.807, 2.05) is 11.9 Å². The average Bonchev–Trinajstić information content (AvgIpc) is 3.21. The summed E-state index contributed by atoms with van der Waals surface area (Å²) >= 11 is 0. The van der Waals surface area contributed by atoms with Crippen molar-refractivity contribution in [3.8, 4) is 5.75 Å². The highest BCUT2D eigenvalue weighted by molar-refractivity contribution is 6.04. The van der Waals surface area contributed by atoms with Gasteiger partial charge in [-0.15, -0.1) is 0 Å². The van der Waals surface area contributed by atoms with Crippen LogP contribution in [0.3, 0.4) is 0 Å². The molecule has 1 heterocycles. The van der Waals surface area contributed by atoms with Crippen molar-refractivity contribution in [2.24, 2.45) is 0 Å². The number of anilines is 2. The van der Waals surface area contributed by atoms with Crippen LogP contribution in [0.15, 0.2) is 36.4 Å². The van der Waals surface area contributed by atoms with Crippen molar-refractivity contribution >= 4 is 17.3 Å². The number of halogens is 2. The molecule has 1 saturated heterocycles. The molecule has 2 N–H and O–H groups in total. The molecule has 1 atom stereocenters. The van der Waals surface area contributed by atoms with Crippen molar-refractivity contribution in [3.05, 3.63) is 53.6 Å². The Bertz CT molecular complexity index is 843. The van der Waals surface area contributed by atoms with Gasteiger partial charge in [0, 0.05) is 24.7 Å². The van der Waals surface area contributed by atoms with E-state index in [-0.39, 0.29) is 17.4 Å². The van der Waals surface area contributed by atoms with Gasteiger partial charge in [-0.1, -0.05) is 13.3 Å². The van der Waals surface area contributed by atoms with Crippen LogP contribution >= 0.6 is 0 Å². The van der Waals surface area contributed by atoms with Crippen LogP contribution in [-0.2, 0) is 0 Å². The summed E-state index contributed by atoms with van der Waals surface area (Å²) in [7, 11) is 1.85. The van der Waals surface area contributed by atoms with Crippen molar-refractivity contribution in [2.45, 2.75) is 32.2 Å². The Hall–Kier alpha value is -2.67. The van der Waals surface area contributed by atoms with Gasteiger partial charge in [0.05, 0.1) is 18.0 Å². The molecule has 0 bridgehead atoms. The zero-order chi connectivity index (χ0) is 20.8. The van der Waals surface area contributed by atoms with Crippen molar-refractivity contribution < 1.29 is 18.3 Å². The van der Waals surface area contributed by atoms with Crippen molar-refractivity contribution in [1.29, 1.82) is 0 Å². The van der Waals surface area contributed by atoms with Crippen molar-refractivity contribution in [2.75, 3.05) is 37.0 Å². The highest BCUT2D eigenvalue weighted by Gasteiger charge is 2.26. The summed E-state index contributed by atoms with van der Waals surface area (Å²) in [6.45, 7) is 3.96. The molecular weight excluding hydrogens is 376 g/mol. The number of benzene rings is 2. The molecular formula is C22H27F2N3O2. The molecule has 156 valence electrons. The number of ether oxygens (including phenoxy) is 1. The maximum absolute atomic E-state index is 14.6. The largest absolute Gasteiger partial charge is 0.494 e. The predicted octanol–water partition coefficient (Wildman–Crippen LogP) is 4.19. The van der Waals surface area contributed by atoms with E-state index in [1.165, 1.54) is 12.1 Å². The van der Waals surface area contributed by atoms with Gasteiger partial charge < -0.3 is 20.3 Å². The Morgan fingerprint density at radius 1 is 1.17 bits per heavy atom. The molecule has 5 nitrogen and oxygen atoms in total. The van der Waals surface area contributed by atoms with Crippen LogP contribution < -0.4 is 20.3 Å². The number of nitrogens with one attached hydrogen (secondary N) is 2. The topological polar surface area (TPSA) is 53.6 Å². The number of hydrogen-bond donors (Lipinski definition) is 2. The zero-order valence-corrected chi connectivity index (χ0v) is 16.8. The molecule has 0 radical (unpaired) electrons. The second-order valence-electron chi connectivity index (χ2n) is 7.16. The van der Waals surface area contributed by atoms with Crippen LogP contribution in [0.1, 0.15) is 36.5 Å². The average molecular weight is 403 g/mol. The van der Waals surface area contributed by atoms with E-state index < -0.39 is 17.5 Å². The summed E-state index contributed by atoms with van der Waals surface area (Å²) in [6, 6.07) is 9.75. The fourth-order valence-corrected chi connectivity index (χ4v) is 3.33. The number of unbranched alkanes of at least 4 members (excludes halogenated alkanes) is 1. The molecule has 2 aromatic carbocycles. The lowest BCUT2D eigenvalue weighted by Gasteiger charge is -2.20. The van der Waals surface area contributed by atoms with E-state index in [1.54, 1.807) is 24.3 Å². The molecule has 1 amide bonds. The third-order valence-electron chi connectivity index (χ3n) is 5.13. The lowest BCUT2D eigenvalue weighted by molar-refractivity contribution is 0.102. The van der Waals surface area contributed by atoms with Crippen LogP contribution in [0.2, 0.25) is 0 Å². The Labute approximate surface area is 170 Å². The van der Waals surface area contributed by atoms with Crippen molar-refractivity contribution in [3.63, 3.8) is 0 Å². The molecule has 1 aliphatic heterocycles. The minimum atomic E-state index is -1.05. The fraction of sp³-hybridized carbons (Fsp3) is 0.409.